The van der Waals surface area contributed by atoms with Gasteiger partial charge in [0.25, 0.3) is 0 Å². The number of nitrogens with one attached hydrogen (secondary N) is 1. The molecule has 0 amide bonds. The summed E-state index contributed by atoms with van der Waals surface area (Å²) < 4.78 is 5.67. The van der Waals surface area contributed by atoms with E-state index in [1.165, 1.54) is 58.2 Å². The van der Waals surface area contributed by atoms with E-state index in [-0.39, 0.29) is 0 Å². The fourth-order valence-electron chi connectivity index (χ4n) is 4.43. The van der Waals surface area contributed by atoms with Crippen molar-refractivity contribution < 1.29 is 4.74 Å². The van der Waals surface area contributed by atoms with E-state index < -0.39 is 0 Å². The van der Waals surface area contributed by atoms with Crippen LogP contribution in [0.3, 0.4) is 0 Å². The first kappa shape index (κ1) is 13.8. The molecule has 0 bridgehead atoms. The third-order valence-corrected chi connectivity index (χ3v) is 5.74. The lowest BCUT2D eigenvalue weighted by atomic mass is 9.77. The van der Waals surface area contributed by atoms with E-state index in [9.17, 15) is 0 Å². The zero-order valence-corrected chi connectivity index (χ0v) is 12.5. The van der Waals surface area contributed by atoms with E-state index in [0.717, 1.165) is 25.2 Å². The Bertz CT molecular complexity index is 278. The molecule has 1 spiro atoms. The van der Waals surface area contributed by atoms with Gasteiger partial charge < -0.3 is 15.0 Å². The quantitative estimate of drug-likeness (QED) is 0.845. The molecule has 2 aliphatic heterocycles. The molecule has 0 aromatic carbocycles. The molecule has 3 aliphatic rings. The van der Waals surface area contributed by atoms with Crippen molar-refractivity contribution in [2.45, 2.75) is 51.5 Å². The summed E-state index contributed by atoms with van der Waals surface area (Å²) in [7, 11) is 0. The zero-order valence-electron chi connectivity index (χ0n) is 12.5. The van der Waals surface area contributed by atoms with Gasteiger partial charge in [0.1, 0.15) is 0 Å². The fourth-order valence-corrected chi connectivity index (χ4v) is 4.43. The van der Waals surface area contributed by atoms with Crippen molar-refractivity contribution in [3.8, 4) is 0 Å². The van der Waals surface area contributed by atoms with Gasteiger partial charge in [-0.05, 0) is 50.7 Å². The Balaban J connectivity index is 1.46. The van der Waals surface area contributed by atoms with Gasteiger partial charge in [-0.3, -0.25) is 0 Å². The summed E-state index contributed by atoms with van der Waals surface area (Å²) in [6, 6.07) is 0.590. The lowest BCUT2D eigenvalue weighted by Crippen LogP contribution is -2.45. The van der Waals surface area contributed by atoms with Crippen LogP contribution in [-0.4, -0.2) is 50.3 Å². The molecule has 0 radical (unpaired) electrons. The first-order valence-corrected chi connectivity index (χ1v) is 8.35. The highest BCUT2D eigenvalue weighted by molar-refractivity contribution is 4.91. The highest BCUT2D eigenvalue weighted by atomic mass is 16.5. The van der Waals surface area contributed by atoms with E-state index in [4.69, 9.17) is 4.74 Å². The molecule has 19 heavy (non-hydrogen) atoms. The second-order valence-corrected chi connectivity index (χ2v) is 6.97. The smallest absolute Gasteiger partial charge is 0.0623 e. The molecule has 3 nitrogen and oxygen atoms in total. The lowest BCUT2D eigenvalue weighted by Gasteiger charge is -2.40. The minimum atomic E-state index is 0.590. The summed E-state index contributed by atoms with van der Waals surface area (Å²) in [6.45, 7) is 9.03. The Kier molecular flexibility index (Phi) is 4.45. The predicted octanol–water partition coefficient (Wildman–Crippen LogP) is 2.27. The minimum absolute atomic E-state index is 0.590. The van der Waals surface area contributed by atoms with Crippen molar-refractivity contribution in [1.82, 2.24) is 10.2 Å². The van der Waals surface area contributed by atoms with Crippen molar-refractivity contribution >= 4 is 0 Å². The number of ether oxygens (including phenoxy) is 1. The average Bonchev–Trinajstić information content (AvgIpc) is 3.04. The Labute approximate surface area is 118 Å². The summed E-state index contributed by atoms with van der Waals surface area (Å²) in [4.78, 5) is 2.70. The van der Waals surface area contributed by atoms with Crippen LogP contribution in [-0.2, 0) is 4.74 Å². The zero-order chi connectivity index (χ0) is 13.1. The SMILES string of the molecule is CCNC1COCC1CN1CCC2(CCCC2)CC1. The summed E-state index contributed by atoms with van der Waals surface area (Å²) in [5.74, 6) is 0.706. The number of rotatable bonds is 4. The highest BCUT2D eigenvalue weighted by Crippen LogP contribution is 2.46. The van der Waals surface area contributed by atoms with Crippen LogP contribution >= 0.6 is 0 Å². The number of likely N-dealkylation sites (tertiary alicyclic amines) is 1. The molecule has 2 unspecified atom stereocenters. The topological polar surface area (TPSA) is 24.5 Å². The number of hydrogen-bond donors (Lipinski definition) is 1. The molecular formula is C16H30N2O. The van der Waals surface area contributed by atoms with Crippen LogP contribution < -0.4 is 5.32 Å². The van der Waals surface area contributed by atoms with Crippen molar-refractivity contribution in [2.75, 3.05) is 39.4 Å². The van der Waals surface area contributed by atoms with Crippen LogP contribution in [0.5, 0.6) is 0 Å². The lowest BCUT2D eigenvalue weighted by molar-refractivity contribution is 0.0897. The maximum Gasteiger partial charge on any atom is 0.0623 e. The van der Waals surface area contributed by atoms with Crippen molar-refractivity contribution in [1.29, 1.82) is 0 Å². The number of hydrogen-bond acceptors (Lipinski definition) is 3. The molecular weight excluding hydrogens is 236 g/mol. The van der Waals surface area contributed by atoms with Gasteiger partial charge in [0.05, 0.1) is 13.2 Å². The van der Waals surface area contributed by atoms with Crippen LogP contribution in [0.1, 0.15) is 45.4 Å². The van der Waals surface area contributed by atoms with Gasteiger partial charge in [-0.2, -0.15) is 0 Å². The summed E-state index contributed by atoms with van der Waals surface area (Å²) in [6.07, 6.45) is 8.89. The fraction of sp³-hybridized carbons (Fsp3) is 1.00. The molecule has 3 fully saturated rings. The molecule has 110 valence electrons. The van der Waals surface area contributed by atoms with E-state index in [2.05, 4.69) is 17.1 Å². The summed E-state index contributed by atoms with van der Waals surface area (Å²) in [5.41, 5.74) is 0.754. The van der Waals surface area contributed by atoms with Gasteiger partial charge in [-0.1, -0.05) is 19.8 Å². The van der Waals surface area contributed by atoms with E-state index in [0.29, 0.717) is 12.0 Å². The second kappa shape index (κ2) is 6.11. The molecule has 3 rings (SSSR count). The maximum absolute atomic E-state index is 5.67. The molecule has 3 heteroatoms. The van der Waals surface area contributed by atoms with Gasteiger partial charge >= 0.3 is 0 Å². The van der Waals surface area contributed by atoms with E-state index >= 15 is 0 Å². The number of piperidine rings is 1. The molecule has 1 N–H and O–H groups in total. The van der Waals surface area contributed by atoms with Gasteiger partial charge in [0.15, 0.2) is 0 Å². The monoisotopic (exact) mass is 266 g/mol. The van der Waals surface area contributed by atoms with Gasteiger partial charge in [0.2, 0.25) is 0 Å². The molecule has 0 aromatic heterocycles. The van der Waals surface area contributed by atoms with Gasteiger partial charge in [0, 0.05) is 18.5 Å². The van der Waals surface area contributed by atoms with Crippen molar-refractivity contribution in [3.63, 3.8) is 0 Å². The first-order valence-electron chi connectivity index (χ1n) is 8.35. The Morgan fingerprint density at radius 3 is 2.53 bits per heavy atom. The third kappa shape index (κ3) is 3.14. The third-order valence-electron chi connectivity index (χ3n) is 5.74. The van der Waals surface area contributed by atoms with Crippen LogP contribution in [0.2, 0.25) is 0 Å². The van der Waals surface area contributed by atoms with E-state index in [1.807, 2.05) is 0 Å². The average molecular weight is 266 g/mol. The predicted molar refractivity (Wildman–Crippen MR) is 78.3 cm³/mol. The standard InChI is InChI=1S/C16H30N2O/c1-2-17-15-13-19-12-14(15)11-18-9-7-16(8-10-18)5-3-4-6-16/h14-15,17H,2-13H2,1H3. The Hall–Kier alpha value is -0.120. The molecule has 2 heterocycles. The molecule has 0 aromatic rings. The number of likely N-dealkylation sites (N-methyl/N-ethyl adjacent to an activating group) is 1. The van der Waals surface area contributed by atoms with Crippen LogP contribution in [0.25, 0.3) is 0 Å². The minimum Gasteiger partial charge on any atom is -0.379 e. The van der Waals surface area contributed by atoms with Crippen LogP contribution in [0.15, 0.2) is 0 Å². The Morgan fingerprint density at radius 1 is 1.11 bits per heavy atom. The summed E-state index contributed by atoms with van der Waals surface area (Å²) >= 11 is 0. The summed E-state index contributed by atoms with van der Waals surface area (Å²) in [5, 5.41) is 3.58. The van der Waals surface area contributed by atoms with Gasteiger partial charge in [-0.25, -0.2) is 0 Å². The molecule has 1 saturated carbocycles. The van der Waals surface area contributed by atoms with Crippen molar-refractivity contribution in [3.05, 3.63) is 0 Å². The molecule has 2 saturated heterocycles. The number of nitrogens with zero attached hydrogens (tertiary/aromatic N) is 1. The molecule has 1 aliphatic carbocycles. The van der Waals surface area contributed by atoms with Crippen molar-refractivity contribution in [2.24, 2.45) is 11.3 Å². The largest absolute Gasteiger partial charge is 0.379 e. The normalized spacial score (nSPS) is 35.2. The first-order chi connectivity index (χ1) is 9.31. The van der Waals surface area contributed by atoms with Crippen LogP contribution in [0, 0.1) is 11.3 Å². The molecule has 2 atom stereocenters. The van der Waals surface area contributed by atoms with E-state index in [1.54, 1.807) is 0 Å². The second-order valence-electron chi connectivity index (χ2n) is 6.97. The maximum atomic E-state index is 5.67. The van der Waals surface area contributed by atoms with Gasteiger partial charge in [-0.15, -0.1) is 0 Å². The highest BCUT2D eigenvalue weighted by Gasteiger charge is 2.38. The van der Waals surface area contributed by atoms with Crippen LogP contribution in [0.4, 0.5) is 0 Å². The Morgan fingerprint density at radius 2 is 1.84 bits per heavy atom.